The number of carbonyl (C=O) groups is 1. The average molecular weight is 189 g/mol. The quantitative estimate of drug-likeness (QED) is 0.565. The molecule has 0 spiro atoms. The van der Waals surface area contributed by atoms with Crippen molar-refractivity contribution in [2.75, 3.05) is 20.3 Å². The highest BCUT2D eigenvalue weighted by Crippen LogP contribution is 2.01. The van der Waals surface area contributed by atoms with Gasteiger partial charge in [0.1, 0.15) is 6.04 Å². The van der Waals surface area contributed by atoms with E-state index in [1.54, 1.807) is 0 Å². The van der Waals surface area contributed by atoms with Crippen molar-refractivity contribution in [3.63, 3.8) is 0 Å². The number of aliphatic hydroxyl groups excluding tert-OH is 1. The molecule has 0 amide bonds. The van der Waals surface area contributed by atoms with Gasteiger partial charge >= 0.3 is 5.97 Å². The predicted octanol–water partition coefficient (Wildman–Crippen LogP) is 0.300. The van der Waals surface area contributed by atoms with Crippen molar-refractivity contribution in [3.05, 3.63) is 0 Å². The molecule has 4 heteroatoms. The van der Waals surface area contributed by atoms with Crippen LogP contribution in [0.5, 0.6) is 0 Å². The maximum Gasteiger partial charge on any atom is 0.322 e. The zero-order valence-electron chi connectivity index (χ0n) is 8.38. The molecule has 0 heterocycles. The topological polar surface area (TPSA) is 58.6 Å². The molecule has 13 heavy (non-hydrogen) atoms. The van der Waals surface area contributed by atoms with Crippen LogP contribution in [-0.4, -0.2) is 37.4 Å². The maximum absolute atomic E-state index is 11.2. The van der Waals surface area contributed by atoms with E-state index in [0.29, 0.717) is 6.54 Å². The van der Waals surface area contributed by atoms with Crippen LogP contribution in [-0.2, 0) is 9.53 Å². The molecule has 0 saturated carbocycles. The van der Waals surface area contributed by atoms with Gasteiger partial charge in [-0.2, -0.15) is 0 Å². The second kappa shape index (κ2) is 8.01. The number of hydrogen-bond donors (Lipinski definition) is 2. The van der Waals surface area contributed by atoms with E-state index >= 15 is 0 Å². The van der Waals surface area contributed by atoms with E-state index in [0.717, 1.165) is 19.3 Å². The summed E-state index contributed by atoms with van der Waals surface area (Å²) in [5.41, 5.74) is 0. The normalized spacial score (nSPS) is 12.5. The Hall–Kier alpha value is -0.610. The van der Waals surface area contributed by atoms with Gasteiger partial charge in [-0.15, -0.1) is 0 Å². The summed E-state index contributed by atoms with van der Waals surface area (Å²) in [6.07, 6.45) is 2.80. The smallest absolute Gasteiger partial charge is 0.322 e. The van der Waals surface area contributed by atoms with Gasteiger partial charge in [-0.05, 0) is 6.42 Å². The summed E-state index contributed by atoms with van der Waals surface area (Å²) in [4.78, 5) is 11.2. The van der Waals surface area contributed by atoms with Crippen molar-refractivity contribution in [2.45, 2.75) is 32.2 Å². The van der Waals surface area contributed by atoms with Crippen LogP contribution in [0, 0.1) is 0 Å². The van der Waals surface area contributed by atoms with Gasteiger partial charge in [0.2, 0.25) is 0 Å². The van der Waals surface area contributed by atoms with Crippen LogP contribution in [0.2, 0.25) is 0 Å². The fraction of sp³-hybridized carbons (Fsp3) is 0.889. The molecular weight excluding hydrogens is 170 g/mol. The molecule has 0 aliphatic heterocycles. The molecule has 0 bridgehead atoms. The summed E-state index contributed by atoms with van der Waals surface area (Å²) in [5.74, 6) is -0.248. The standard InChI is InChI=1S/C9H19NO3/c1-3-4-5-8(9(12)13-2)10-6-7-11/h8,10-11H,3-7H2,1-2H3. The summed E-state index contributed by atoms with van der Waals surface area (Å²) in [6.45, 7) is 2.55. The third kappa shape index (κ3) is 5.60. The molecule has 78 valence electrons. The van der Waals surface area contributed by atoms with Gasteiger partial charge in [0, 0.05) is 6.54 Å². The van der Waals surface area contributed by atoms with Crippen molar-refractivity contribution in [1.82, 2.24) is 5.32 Å². The first kappa shape index (κ1) is 12.4. The molecule has 1 unspecified atom stereocenters. The Balaban J connectivity index is 3.79. The number of methoxy groups -OCH3 is 1. The Kier molecular flexibility index (Phi) is 7.63. The minimum absolute atomic E-state index is 0.0413. The number of carbonyl (C=O) groups excluding carboxylic acids is 1. The number of nitrogens with one attached hydrogen (secondary N) is 1. The lowest BCUT2D eigenvalue weighted by Gasteiger charge is -2.14. The van der Waals surface area contributed by atoms with Gasteiger partial charge in [0.05, 0.1) is 13.7 Å². The van der Waals surface area contributed by atoms with Crippen LogP contribution in [0.15, 0.2) is 0 Å². The van der Waals surface area contributed by atoms with Crippen LogP contribution in [0.25, 0.3) is 0 Å². The number of esters is 1. The number of rotatable bonds is 7. The largest absolute Gasteiger partial charge is 0.468 e. The molecule has 0 aromatic rings. The molecule has 0 aromatic heterocycles. The van der Waals surface area contributed by atoms with Crippen molar-refractivity contribution in [1.29, 1.82) is 0 Å². The summed E-state index contributed by atoms with van der Waals surface area (Å²) in [6, 6.07) is -0.267. The highest BCUT2D eigenvalue weighted by molar-refractivity contribution is 5.75. The molecule has 4 nitrogen and oxygen atoms in total. The van der Waals surface area contributed by atoms with Crippen LogP contribution in [0.3, 0.4) is 0 Å². The Morgan fingerprint density at radius 2 is 2.31 bits per heavy atom. The first-order chi connectivity index (χ1) is 6.26. The van der Waals surface area contributed by atoms with Gasteiger partial charge in [0.15, 0.2) is 0 Å². The van der Waals surface area contributed by atoms with Crippen LogP contribution >= 0.6 is 0 Å². The molecule has 2 N–H and O–H groups in total. The van der Waals surface area contributed by atoms with Crippen LogP contribution < -0.4 is 5.32 Å². The fourth-order valence-electron chi connectivity index (χ4n) is 1.09. The average Bonchev–Trinajstić information content (AvgIpc) is 2.17. The van der Waals surface area contributed by atoms with E-state index in [1.807, 2.05) is 0 Å². The Bertz CT molecular complexity index is 131. The number of hydrogen-bond acceptors (Lipinski definition) is 4. The lowest BCUT2D eigenvalue weighted by atomic mass is 10.1. The second-order valence-corrected chi connectivity index (χ2v) is 2.90. The van der Waals surface area contributed by atoms with Gasteiger partial charge in [0.25, 0.3) is 0 Å². The highest BCUT2D eigenvalue weighted by Gasteiger charge is 2.16. The maximum atomic E-state index is 11.2. The first-order valence-corrected chi connectivity index (χ1v) is 4.68. The monoisotopic (exact) mass is 189 g/mol. The van der Waals surface area contributed by atoms with E-state index in [1.165, 1.54) is 7.11 Å². The number of ether oxygens (including phenoxy) is 1. The van der Waals surface area contributed by atoms with Gasteiger partial charge < -0.3 is 15.2 Å². The van der Waals surface area contributed by atoms with E-state index in [4.69, 9.17) is 5.11 Å². The molecule has 0 aromatic carbocycles. The van der Waals surface area contributed by atoms with Crippen molar-refractivity contribution >= 4 is 5.97 Å². The van der Waals surface area contributed by atoms with Crippen LogP contribution in [0.4, 0.5) is 0 Å². The Labute approximate surface area is 79.3 Å². The summed E-state index contributed by atoms with van der Waals surface area (Å²) in [7, 11) is 1.38. The number of unbranched alkanes of at least 4 members (excludes halogenated alkanes) is 1. The minimum Gasteiger partial charge on any atom is -0.468 e. The highest BCUT2D eigenvalue weighted by atomic mass is 16.5. The summed E-state index contributed by atoms with van der Waals surface area (Å²) >= 11 is 0. The van der Waals surface area contributed by atoms with E-state index in [9.17, 15) is 4.79 Å². The molecule has 0 radical (unpaired) electrons. The molecular formula is C9H19NO3. The van der Waals surface area contributed by atoms with E-state index in [2.05, 4.69) is 17.0 Å². The van der Waals surface area contributed by atoms with Crippen molar-refractivity contribution < 1.29 is 14.6 Å². The fourth-order valence-corrected chi connectivity index (χ4v) is 1.09. The second-order valence-electron chi connectivity index (χ2n) is 2.90. The molecule has 0 rings (SSSR count). The number of aliphatic hydroxyl groups is 1. The Morgan fingerprint density at radius 3 is 2.77 bits per heavy atom. The molecule has 0 fully saturated rings. The van der Waals surface area contributed by atoms with E-state index < -0.39 is 0 Å². The molecule has 0 saturated heterocycles. The summed E-state index contributed by atoms with van der Waals surface area (Å²) < 4.78 is 4.62. The van der Waals surface area contributed by atoms with Crippen molar-refractivity contribution in [2.24, 2.45) is 0 Å². The van der Waals surface area contributed by atoms with Gasteiger partial charge in [-0.3, -0.25) is 4.79 Å². The molecule has 0 aliphatic carbocycles. The van der Waals surface area contributed by atoms with Crippen molar-refractivity contribution in [3.8, 4) is 0 Å². The summed E-state index contributed by atoms with van der Waals surface area (Å²) in [5, 5.41) is 11.5. The van der Waals surface area contributed by atoms with Gasteiger partial charge in [-0.25, -0.2) is 0 Å². The third-order valence-corrected chi connectivity index (χ3v) is 1.83. The third-order valence-electron chi connectivity index (χ3n) is 1.83. The Morgan fingerprint density at radius 1 is 1.62 bits per heavy atom. The minimum atomic E-state index is -0.267. The predicted molar refractivity (Wildman–Crippen MR) is 50.4 cm³/mol. The van der Waals surface area contributed by atoms with Gasteiger partial charge in [-0.1, -0.05) is 19.8 Å². The first-order valence-electron chi connectivity index (χ1n) is 4.68. The van der Waals surface area contributed by atoms with Crippen LogP contribution in [0.1, 0.15) is 26.2 Å². The lowest BCUT2D eigenvalue weighted by molar-refractivity contribution is -0.143. The zero-order chi connectivity index (χ0) is 10.1. The SMILES string of the molecule is CCCCC(NCCO)C(=O)OC. The molecule has 0 aliphatic rings. The zero-order valence-corrected chi connectivity index (χ0v) is 8.38. The molecule has 1 atom stereocenters. The lowest BCUT2D eigenvalue weighted by Crippen LogP contribution is -2.39. The van der Waals surface area contributed by atoms with E-state index in [-0.39, 0.29) is 18.6 Å².